The number of nitrogens with zero attached hydrogens (tertiary/aromatic N) is 2. The minimum Gasteiger partial charge on any atom is -0.340 e. The fourth-order valence-electron chi connectivity index (χ4n) is 5.24. The van der Waals surface area contributed by atoms with E-state index in [1.165, 1.54) is 0 Å². The molecule has 2 aliphatic carbocycles. The second-order valence-corrected chi connectivity index (χ2v) is 9.97. The fourth-order valence-corrected chi connectivity index (χ4v) is 5.24. The lowest BCUT2D eigenvalue weighted by Crippen LogP contribution is -2.58. The van der Waals surface area contributed by atoms with E-state index in [1.54, 1.807) is 0 Å². The molecule has 1 aromatic rings. The molecule has 0 radical (unpaired) electrons. The molecule has 156 valence electrons. The zero-order valence-electron chi connectivity index (χ0n) is 17.3. The highest BCUT2D eigenvalue weighted by molar-refractivity contribution is 5.86. The van der Waals surface area contributed by atoms with Crippen LogP contribution in [0.3, 0.4) is 0 Å². The van der Waals surface area contributed by atoms with Crippen LogP contribution >= 0.6 is 12.4 Å². The van der Waals surface area contributed by atoms with Crippen molar-refractivity contribution in [1.29, 1.82) is 0 Å². The van der Waals surface area contributed by atoms with Crippen molar-refractivity contribution < 1.29 is 4.79 Å². The monoisotopic (exact) mass is 408 g/mol. The van der Waals surface area contributed by atoms with E-state index in [0.717, 1.165) is 75.0 Å². The Bertz CT molecular complexity index is 823. The topological polar surface area (TPSA) is 92.1 Å². The largest absolute Gasteiger partial charge is 0.340 e. The predicted octanol–water partition coefficient (Wildman–Crippen LogP) is 2.57. The molecule has 1 saturated heterocycles. The van der Waals surface area contributed by atoms with Crippen LogP contribution in [-0.2, 0) is 22.0 Å². The summed E-state index contributed by atoms with van der Waals surface area (Å²) < 4.78 is 0. The van der Waals surface area contributed by atoms with Crippen molar-refractivity contribution in [1.82, 2.24) is 14.9 Å². The van der Waals surface area contributed by atoms with Gasteiger partial charge in [0.2, 0.25) is 5.91 Å². The second kappa shape index (κ2) is 7.13. The molecule has 0 aromatic carbocycles. The van der Waals surface area contributed by atoms with Crippen molar-refractivity contribution in [2.45, 2.75) is 88.5 Å². The number of carbonyl (C=O) groups is 1. The Kier molecular flexibility index (Phi) is 5.43. The maximum atomic E-state index is 13.2. The summed E-state index contributed by atoms with van der Waals surface area (Å²) in [6.45, 7) is 7.61. The summed E-state index contributed by atoms with van der Waals surface area (Å²) in [6.07, 6.45) is 7.23. The van der Waals surface area contributed by atoms with Crippen molar-refractivity contribution in [3.8, 4) is 0 Å². The van der Waals surface area contributed by atoms with Gasteiger partial charge in [0.05, 0.1) is 11.2 Å². The van der Waals surface area contributed by atoms with Crippen LogP contribution in [0.25, 0.3) is 0 Å². The van der Waals surface area contributed by atoms with Crippen molar-refractivity contribution >= 4 is 18.3 Å². The summed E-state index contributed by atoms with van der Waals surface area (Å²) in [6, 6.07) is 0. The molecule has 2 heterocycles. The molecule has 1 aromatic heterocycles. The average Bonchev–Trinajstić information content (AvgIpc) is 3.20. The lowest BCUT2D eigenvalue weighted by atomic mass is 9.76. The Morgan fingerprint density at radius 3 is 2.46 bits per heavy atom. The lowest BCUT2D eigenvalue weighted by Gasteiger charge is -2.43. The summed E-state index contributed by atoms with van der Waals surface area (Å²) in [5.41, 5.74) is 7.13. The van der Waals surface area contributed by atoms with Crippen LogP contribution in [0.1, 0.15) is 82.8 Å². The Morgan fingerprint density at radius 1 is 1.14 bits per heavy atom. The number of nitrogens with two attached hydrogens (primary N) is 1. The van der Waals surface area contributed by atoms with Gasteiger partial charge in [-0.3, -0.25) is 9.59 Å². The van der Waals surface area contributed by atoms with Crippen LogP contribution in [0.2, 0.25) is 0 Å². The summed E-state index contributed by atoms with van der Waals surface area (Å²) >= 11 is 0. The van der Waals surface area contributed by atoms with E-state index in [4.69, 9.17) is 10.7 Å². The standard InChI is InChI=1S/C21H32N4O2.ClH/c1-19(2,3)17-23-15-14(16(26)24-17)7-11-20(15)8-6-12-25(13-20)18(27)21(22)9-4-5-10-21;/h4-13,22H2,1-3H3,(H,23,24,26);1H. The van der Waals surface area contributed by atoms with E-state index in [1.807, 2.05) is 4.90 Å². The first-order valence-corrected chi connectivity index (χ1v) is 10.4. The second-order valence-electron chi connectivity index (χ2n) is 9.97. The van der Waals surface area contributed by atoms with Gasteiger partial charge in [-0.1, -0.05) is 33.6 Å². The number of amides is 1. The first-order valence-electron chi connectivity index (χ1n) is 10.4. The minimum atomic E-state index is -0.682. The number of nitrogens with one attached hydrogen (secondary N) is 1. The summed E-state index contributed by atoms with van der Waals surface area (Å²) in [5.74, 6) is 0.843. The third kappa shape index (κ3) is 3.39. The normalized spacial score (nSPS) is 26.2. The molecule has 4 rings (SSSR count). The van der Waals surface area contributed by atoms with Crippen molar-refractivity contribution in [2.75, 3.05) is 13.1 Å². The zero-order valence-corrected chi connectivity index (χ0v) is 18.1. The fraction of sp³-hybridized carbons (Fsp3) is 0.762. The smallest absolute Gasteiger partial charge is 0.254 e. The Labute approximate surface area is 173 Å². The highest BCUT2D eigenvalue weighted by atomic mass is 35.5. The van der Waals surface area contributed by atoms with Crippen LogP contribution in [0, 0.1) is 0 Å². The third-order valence-electron chi connectivity index (χ3n) is 6.87. The van der Waals surface area contributed by atoms with E-state index in [0.29, 0.717) is 6.54 Å². The van der Waals surface area contributed by atoms with Gasteiger partial charge in [0.1, 0.15) is 5.82 Å². The number of carbonyl (C=O) groups excluding carboxylic acids is 1. The highest BCUT2D eigenvalue weighted by Crippen LogP contribution is 2.44. The zero-order chi connectivity index (χ0) is 19.4. The van der Waals surface area contributed by atoms with Crippen molar-refractivity contribution in [2.24, 2.45) is 5.73 Å². The van der Waals surface area contributed by atoms with Gasteiger partial charge in [-0.25, -0.2) is 4.98 Å². The molecule has 28 heavy (non-hydrogen) atoms. The molecule has 1 spiro atoms. The number of hydrogen-bond acceptors (Lipinski definition) is 4. The molecular weight excluding hydrogens is 376 g/mol. The molecule has 0 bridgehead atoms. The molecule has 1 unspecified atom stereocenters. The van der Waals surface area contributed by atoms with Gasteiger partial charge in [-0.15, -0.1) is 12.4 Å². The minimum absolute atomic E-state index is 0. The number of rotatable bonds is 1. The highest BCUT2D eigenvalue weighted by Gasteiger charge is 2.48. The first-order chi connectivity index (χ1) is 12.6. The van der Waals surface area contributed by atoms with Crippen LogP contribution in [0.15, 0.2) is 4.79 Å². The number of likely N-dealkylation sites (tertiary alicyclic amines) is 1. The van der Waals surface area contributed by atoms with E-state index >= 15 is 0 Å². The van der Waals surface area contributed by atoms with Crippen LogP contribution in [0.5, 0.6) is 0 Å². The number of hydrogen-bond donors (Lipinski definition) is 2. The molecule has 3 aliphatic rings. The molecule has 2 fully saturated rings. The summed E-state index contributed by atoms with van der Waals surface area (Å²) in [7, 11) is 0. The number of aromatic amines is 1. The van der Waals surface area contributed by atoms with Gasteiger partial charge >= 0.3 is 0 Å². The van der Waals surface area contributed by atoms with Crippen LogP contribution in [0.4, 0.5) is 0 Å². The van der Waals surface area contributed by atoms with Crippen molar-refractivity contribution in [3.05, 3.63) is 27.4 Å². The molecule has 6 nitrogen and oxygen atoms in total. The predicted molar refractivity (Wildman–Crippen MR) is 112 cm³/mol. The molecule has 7 heteroatoms. The van der Waals surface area contributed by atoms with Crippen molar-refractivity contribution in [3.63, 3.8) is 0 Å². The third-order valence-corrected chi connectivity index (χ3v) is 6.87. The first kappa shape index (κ1) is 21.3. The Balaban J connectivity index is 0.00000225. The molecule has 1 amide bonds. The number of fused-ring (bicyclic) bond motifs is 2. The molecule has 1 atom stereocenters. The van der Waals surface area contributed by atoms with Crippen LogP contribution < -0.4 is 11.3 Å². The van der Waals surface area contributed by atoms with Gasteiger partial charge in [0.25, 0.3) is 5.56 Å². The lowest BCUT2D eigenvalue weighted by molar-refractivity contribution is -0.139. The molecule has 3 N–H and O–H groups in total. The van der Waals surface area contributed by atoms with Gasteiger partial charge < -0.3 is 15.6 Å². The Morgan fingerprint density at radius 2 is 1.82 bits per heavy atom. The van der Waals surface area contributed by atoms with E-state index in [-0.39, 0.29) is 34.7 Å². The van der Waals surface area contributed by atoms with Gasteiger partial charge in [-0.05, 0) is 38.5 Å². The number of H-pyrrole nitrogens is 1. The summed E-state index contributed by atoms with van der Waals surface area (Å²) in [4.78, 5) is 35.8. The number of piperidine rings is 1. The van der Waals surface area contributed by atoms with E-state index in [9.17, 15) is 9.59 Å². The molecular formula is C21H33ClN4O2. The maximum absolute atomic E-state index is 13.2. The number of halogens is 1. The van der Waals surface area contributed by atoms with E-state index < -0.39 is 5.54 Å². The van der Waals surface area contributed by atoms with E-state index in [2.05, 4.69) is 25.8 Å². The number of aromatic nitrogens is 2. The quantitative estimate of drug-likeness (QED) is 0.746. The molecule has 1 saturated carbocycles. The van der Waals surface area contributed by atoms with Gasteiger partial charge in [0, 0.05) is 29.5 Å². The molecule has 1 aliphatic heterocycles. The van der Waals surface area contributed by atoms with Gasteiger partial charge in [0.15, 0.2) is 0 Å². The SMILES string of the molecule is CC(C)(C)c1nc2c(c(=O)[nH]1)CCC21CCCN(C(=O)C2(N)CCCC2)C1.Cl. The maximum Gasteiger partial charge on any atom is 0.254 e. The van der Waals surface area contributed by atoms with Crippen LogP contribution in [-0.4, -0.2) is 39.4 Å². The Hall–Kier alpha value is -1.40. The summed E-state index contributed by atoms with van der Waals surface area (Å²) in [5, 5.41) is 0. The van der Waals surface area contributed by atoms with Gasteiger partial charge in [-0.2, -0.15) is 0 Å². The average molecular weight is 409 g/mol.